The number of hydrogen-bond donors (Lipinski definition) is 1. The lowest BCUT2D eigenvalue weighted by molar-refractivity contribution is 0.0951. The molecule has 0 aliphatic rings. The van der Waals surface area contributed by atoms with Crippen LogP contribution in [0.25, 0.3) is 0 Å². The first-order chi connectivity index (χ1) is 9.27. The van der Waals surface area contributed by atoms with E-state index in [2.05, 4.69) is 17.4 Å². The van der Waals surface area contributed by atoms with E-state index in [1.54, 1.807) is 0 Å². The monoisotopic (exact) mass is 253 g/mol. The van der Waals surface area contributed by atoms with Gasteiger partial charge in [0.05, 0.1) is 6.04 Å². The van der Waals surface area contributed by atoms with E-state index in [0.717, 1.165) is 18.5 Å². The lowest BCUT2D eigenvalue weighted by Gasteiger charge is -2.12. The summed E-state index contributed by atoms with van der Waals surface area (Å²) in [5.41, 5.74) is 2.05. The van der Waals surface area contributed by atoms with Crippen LogP contribution in [0.15, 0.2) is 60.7 Å². The van der Waals surface area contributed by atoms with Gasteiger partial charge in [0, 0.05) is 5.56 Å². The predicted molar refractivity (Wildman–Crippen MR) is 78.4 cm³/mol. The highest BCUT2D eigenvalue weighted by Gasteiger charge is 2.13. The number of carbonyl (C=O) groups excluding carboxylic acids is 1. The molecule has 0 aromatic heterocycles. The minimum Gasteiger partial charge on any atom is -0.307 e. The van der Waals surface area contributed by atoms with Gasteiger partial charge in [-0.3, -0.25) is 4.79 Å². The Morgan fingerprint density at radius 2 is 1.58 bits per heavy atom. The first kappa shape index (κ1) is 13.5. The van der Waals surface area contributed by atoms with Crippen LogP contribution in [0.3, 0.4) is 0 Å². The maximum absolute atomic E-state index is 12.1. The van der Waals surface area contributed by atoms with Crippen molar-refractivity contribution in [2.45, 2.75) is 19.4 Å². The molecule has 0 fully saturated rings. The van der Waals surface area contributed by atoms with Gasteiger partial charge in [0.25, 0.3) is 0 Å². The third-order valence-electron chi connectivity index (χ3n) is 3.16. The van der Waals surface area contributed by atoms with Crippen LogP contribution in [0.1, 0.15) is 22.8 Å². The van der Waals surface area contributed by atoms with E-state index in [9.17, 15) is 4.79 Å². The number of benzene rings is 2. The Bertz CT molecular complexity index is 507. The van der Waals surface area contributed by atoms with E-state index in [1.165, 1.54) is 5.56 Å². The van der Waals surface area contributed by atoms with E-state index in [1.807, 2.05) is 55.5 Å². The second kappa shape index (κ2) is 6.86. The van der Waals surface area contributed by atoms with Crippen LogP contribution in [0.5, 0.6) is 0 Å². The summed E-state index contributed by atoms with van der Waals surface area (Å²) in [7, 11) is 0. The topological polar surface area (TPSA) is 29.1 Å². The molecular weight excluding hydrogens is 234 g/mol. The van der Waals surface area contributed by atoms with Gasteiger partial charge in [0.1, 0.15) is 0 Å². The Kier molecular flexibility index (Phi) is 4.87. The van der Waals surface area contributed by atoms with Crippen LogP contribution in [0.2, 0.25) is 0 Å². The molecule has 0 spiro atoms. The highest BCUT2D eigenvalue weighted by Crippen LogP contribution is 2.04. The smallest absolute Gasteiger partial charge is 0.179 e. The van der Waals surface area contributed by atoms with E-state index in [4.69, 9.17) is 0 Å². The zero-order chi connectivity index (χ0) is 13.5. The van der Waals surface area contributed by atoms with Gasteiger partial charge in [-0.1, -0.05) is 60.7 Å². The summed E-state index contributed by atoms with van der Waals surface area (Å²) >= 11 is 0. The van der Waals surface area contributed by atoms with E-state index < -0.39 is 0 Å². The first-order valence-corrected chi connectivity index (χ1v) is 6.64. The number of rotatable bonds is 6. The van der Waals surface area contributed by atoms with Crippen LogP contribution in [-0.4, -0.2) is 18.4 Å². The fourth-order valence-corrected chi connectivity index (χ4v) is 2.02. The molecule has 0 radical (unpaired) electrons. The maximum Gasteiger partial charge on any atom is 0.179 e. The van der Waals surface area contributed by atoms with Crippen molar-refractivity contribution in [3.63, 3.8) is 0 Å². The molecule has 0 heterocycles. The van der Waals surface area contributed by atoms with Gasteiger partial charge in [0.2, 0.25) is 0 Å². The van der Waals surface area contributed by atoms with Crippen LogP contribution in [0.4, 0.5) is 0 Å². The highest BCUT2D eigenvalue weighted by molar-refractivity contribution is 5.99. The molecule has 2 heteroatoms. The molecule has 1 atom stereocenters. The van der Waals surface area contributed by atoms with Gasteiger partial charge >= 0.3 is 0 Å². The van der Waals surface area contributed by atoms with Crippen molar-refractivity contribution < 1.29 is 4.79 Å². The third-order valence-corrected chi connectivity index (χ3v) is 3.16. The minimum atomic E-state index is -0.147. The minimum absolute atomic E-state index is 0.147. The maximum atomic E-state index is 12.1. The largest absolute Gasteiger partial charge is 0.307 e. The summed E-state index contributed by atoms with van der Waals surface area (Å²) in [6, 6.07) is 19.6. The van der Waals surface area contributed by atoms with Gasteiger partial charge in [-0.2, -0.15) is 0 Å². The molecule has 98 valence electrons. The SMILES string of the molecule is C[C@H](NCCc1ccccc1)C(=O)c1ccccc1. The quantitative estimate of drug-likeness (QED) is 0.802. The van der Waals surface area contributed by atoms with Crippen LogP contribution < -0.4 is 5.32 Å². The standard InChI is InChI=1S/C17H19NO/c1-14(17(19)16-10-6-3-7-11-16)18-13-12-15-8-4-2-5-9-15/h2-11,14,18H,12-13H2,1H3/t14-/m0/s1. The first-order valence-electron chi connectivity index (χ1n) is 6.64. The molecule has 0 saturated heterocycles. The van der Waals surface area contributed by atoms with E-state index in [-0.39, 0.29) is 11.8 Å². The average molecular weight is 253 g/mol. The Morgan fingerprint density at radius 3 is 2.21 bits per heavy atom. The lowest BCUT2D eigenvalue weighted by atomic mass is 10.1. The molecule has 1 N–H and O–H groups in total. The van der Waals surface area contributed by atoms with Gasteiger partial charge in [-0.25, -0.2) is 0 Å². The number of Topliss-reactive ketones (excluding diaryl/α,β-unsaturated/α-hetero) is 1. The zero-order valence-corrected chi connectivity index (χ0v) is 11.2. The number of carbonyl (C=O) groups is 1. The third kappa shape index (κ3) is 4.04. The van der Waals surface area contributed by atoms with Crippen molar-refractivity contribution >= 4 is 5.78 Å². The molecule has 0 aliphatic heterocycles. The Balaban J connectivity index is 1.82. The molecule has 19 heavy (non-hydrogen) atoms. The second-order valence-corrected chi connectivity index (χ2v) is 4.64. The lowest BCUT2D eigenvalue weighted by Crippen LogP contribution is -2.35. The molecule has 0 amide bonds. The van der Waals surface area contributed by atoms with Gasteiger partial charge in [0.15, 0.2) is 5.78 Å². The second-order valence-electron chi connectivity index (χ2n) is 4.64. The van der Waals surface area contributed by atoms with Crippen molar-refractivity contribution in [1.29, 1.82) is 0 Å². The van der Waals surface area contributed by atoms with Crippen molar-refractivity contribution in [1.82, 2.24) is 5.32 Å². The molecular formula is C17H19NO. The number of hydrogen-bond acceptors (Lipinski definition) is 2. The fourth-order valence-electron chi connectivity index (χ4n) is 2.02. The molecule has 0 saturated carbocycles. The van der Waals surface area contributed by atoms with Gasteiger partial charge in [-0.15, -0.1) is 0 Å². The molecule has 2 aromatic rings. The van der Waals surface area contributed by atoms with Crippen LogP contribution in [-0.2, 0) is 6.42 Å². The van der Waals surface area contributed by atoms with Crippen LogP contribution in [0, 0.1) is 0 Å². The summed E-state index contributed by atoms with van der Waals surface area (Å²) in [6.45, 7) is 2.73. The average Bonchev–Trinajstić information content (AvgIpc) is 2.48. The summed E-state index contributed by atoms with van der Waals surface area (Å²) in [5, 5.41) is 3.28. The Morgan fingerprint density at radius 1 is 1.00 bits per heavy atom. The zero-order valence-electron chi connectivity index (χ0n) is 11.2. The molecule has 0 unspecified atom stereocenters. The molecule has 0 aliphatic carbocycles. The van der Waals surface area contributed by atoms with Crippen molar-refractivity contribution in [2.24, 2.45) is 0 Å². The van der Waals surface area contributed by atoms with E-state index >= 15 is 0 Å². The van der Waals surface area contributed by atoms with Gasteiger partial charge < -0.3 is 5.32 Å². The molecule has 0 bridgehead atoms. The molecule has 2 rings (SSSR count). The summed E-state index contributed by atoms with van der Waals surface area (Å²) in [6.07, 6.45) is 0.938. The Hall–Kier alpha value is -1.93. The summed E-state index contributed by atoms with van der Waals surface area (Å²) in [4.78, 5) is 12.1. The van der Waals surface area contributed by atoms with E-state index in [0.29, 0.717) is 0 Å². The van der Waals surface area contributed by atoms with Crippen molar-refractivity contribution in [3.05, 3.63) is 71.8 Å². The summed E-state index contributed by atoms with van der Waals surface area (Å²) < 4.78 is 0. The predicted octanol–water partition coefficient (Wildman–Crippen LogP) is 3.09. The number of nitrogens with one attached hydrogen (secondary N) is 1. The van der Waals surface area contributed by atoms with Crippen molar-refractivity contribution in [2.75, 3.05) is 6.54 Å². The van der Waals surface area contributed by atoms with Gasteiger partial charge in [-0.05, 0) is 25.5 Å². The molecule has 2 aromatic carbocycles. The normalized spacial score (nSPS) is 12.1. The fraction of sp³-hybridized carbons (Fsp3) is 0.235. The molecule has 2 nitrogen and oxygen atoms in total. The summed E-state index contributed by atoms with van der Waals surface area (Å²) in [5.74, 6) is 0.147. The number of ketones is 1. The highest BCUT2D eigenvalue weighted by atomic mass is 16.1. The van der Waals surface area contributed by atoms with Crippen molar-refractivity contribution in [3.8, 4) is 0 Å². The van der Waals surface area contributed by atoms with Crippen LogP contribution >= 0.6 is 0 Å². The Labute approximate surface area is 114 Å².